The lowest BCUT2D eigenvalue weighted by Crippen LogP contribution is -2.35. The quantitative estimate of drug-likeness (QED) is 0.789. The highest BCUT2D eigenvalue weighted by Crippen LogP contribution is 2.26. The van der Waals surface area contributed by atoms with Crippen LogP contribution in [0.4, 0.5) is 29.1 Å². The van der Waals surface area contributed by atoms with Gasteiger partial charge in [-0.2, -0.15) is 13.9 Å². The van der Waals surface area contributed by atoms with E-state index in [0.29, 0.717) is 12.1 Å². The fourth-order valence-electron chi connectivity index (χ4n) is 1.35. The van der Waals surface area contributed by atoms with Crippen LogP contribution in [0, 0.1) is 0 Å². The van der Waals surface area contributed by atoms with Gasteiger partial charge in [0.15, 0.2) is 0 Å². The Morgan fingerprint density at radius 1 is 1.47 bits per heavy atom. The van der Waals surface area contributed by atoms with Gasteiger partial charge in [0, 0.05) is 7.05 Å². The number of rotatable bonds is 5. The van der Waals surface area contributed by atoms with Crippen LogP contribution in [0.5, 0.6) is 0 Å². The van der Waals surface area contributed by atoms with Gasteiger partial charge < -0.3 is 11.1 Å². The van der Waals surface area contributed by atoms with Gasteiger partial charge in [0.1, 0.15) is 5.82 Å². The van der Waals surface area contributed by atoms with Gasteiger partial charge in [0.05, 0.1) is 17.9 Å². The van der Waals surface area contributed by atoms with Crippen LogP contribution in [-0.2, 0) is 13.5 Å². The fourth-order valence-corrected chi connectivity index (χ4v) is 1.35. The Bertz CT molecular complexity index is 389. The Morgan fingerprint density at radius 3 is 2.47 bits per heavy atom. The van der Waals surface area contributed by atoms with Gasteiger partial charge in [-0.05, 0) is 6.42 Å². The summed E-state index contributed by atoms with van der Waals surface area (Å²) in [6.07, 6.45) is -3.18. The Balaban J connectivity index is 2.80. The SMILES string of the molecule is CCc1nn(C)c(NCC(F)(F)C(F)F)c1N. The van der Waals surface area contributed by atoms with Gasteiger partial charge in [0.25, 0.3) is 0 Å². The summed E-state index contributed by atoms with van der Waals surface area (Å²) in [5, 5.41) is 6.17. The summed E-state index contributed by atoms with van der Waals surface area (Å²) >= 11 is 0. The number of anilines is 2. The number of nitrogens with one attached hydrogen (secondary N) is 1. The molecule has 98 valence electrons. The van der Waals surface area contributed by atoms with E-state index in [0.717, 1.165) is 0 Å². The summed E-state index contributed by atoms with van der Waals surface area (Å²) in [6, 6.07) is 0. The van der Waals surface area contributed by atoms with Crippen LogP contribution in [0.25, 0.3) is 0 Å². The minimum Gasteiger partial charge on any atom is -0.394 e. The van der Waals surface area contributed by atoms with Gasteiger partial charge in [0.2, 0.25) is 0 Å². The zero-order valence-electron chi connectivity index (χ0n) is 9.48. The first-order valence-electron chi connectivity index (χ1n) is 5.00. The smallest absolute Gasteiger partial charge is 0.324 e. The Kier molecular flexibility index (Phi) is 3.84. The summed E-state index contributed by atoms with van der Waals surface area (Å²) in [4.78, 5) is 0. The molecule has 0 radical (unpaired) electrons. The van der Waals surface area contributed by atoms with E-state index in [9.17, 15) is 17.6 Å². The zero-order valence-corrected chi connectivity index (χ0v) is 9.48. The van der Waals surface area contributed by atoms with Gasteiger partial charge >= 0.3 is 12.3 Å². The molecule has 17 heavy (non-hydrogen) atoms. The molecule has 0 aromatic carbocycles. The first-order valence-corrected chi connectivity index (χ1v) is 5.00. The molecule has 0 amide bonds. The minimum atomic E-state index is -4.09. The molecule has 0 fully saturated rings. The Labute approximate surface area is 95.8 Å². The lowest BCUT2D eigenvalue weighted by Gasteiger charge is -2.16. The molecule has 0 saturated carbocycles. The normalized spacial score (nSPS) is 12.2. The van der Waals surface area contributed by atoms with E-state index in [2.05, 4.69) is 10.4 Å². The summed E-state index contributed by atoms with van der Waals surface area (Å²) in [6.45, 7) is 0.619. The highest BCUT2D eigenvalue weighted by atomic mass is 19.3. The molecule has 0 aliphatic rings. The second-order valence-electron chi connectivity index (χ2n) is 3.60. The minimum absolute atomic E-state index is 0.127. The Hall–Kier alpha value is -1.47. The number of nitrogens with zero attached hydrogens (tertiary/aromatic N) is 2. The van der Waals surface area contributed by atoms with Gasteiger partial charge in [-0.25, -0.2) is 8.78 Å². The lowest BCUT2D eigenvalue weighted by atomic mass is 10.3. The van der Waals surface area contributed by atoms with Crippen molar-refractivity contribution in [3.63, 3.8) is 0 Å². The molecule has 4 nitrogen and oxygen atoms in total. The molecule has 1 heterocycles. The molecule has 1 rings (SSSR count). The highest BCUT2D eigenvalue weighted by Gasteiger charge is 2.40. The second kappa shape index (κ2) is 4.80. The second-order valence-corrected chi connectivity index (χ2v) is 3.60. The van der Waals surface area contributed by atoms with Crippen molar-refractivity contribution in [3.05, 3.63) is 5.69 Å². The fraction of sp³-hybridized carbons (Fsp3) is 0.667. The maximum Gasteiger partial charge on any atom is 0.324 e. The third kappa shape index (κ3) is 2.80. The van der Waals surface area contributed by atoms with E-state index in [4.69, 9.17) is 5.73 Å². The maximum atomic E-state index is 12.7. The van der Waals surface area contributed by atoms with Crippen LogP contribution < -0.4 is 11.1 Å². The Morgan fingerprint density at radius 2 is 2.06 bits per heavy atom. The number of nitrogens with two attached hydrogens (primary N) is 1. The van der Waals surface area contributed by atoms with Gasteiger partial charge in [-0.1, -0.05) is 6.92 Å². The van der Waals surface area contributed by atoms with Crippen molar-refractivity contribution in [3.8, 4) is 0 Å². The third-order valence-corrected chi connectivity index (χ3v) is 2.31. The first kappa shape index (κ1) is 13.6. The van der Waals surface area contributed by atoms with Crippen LogP contribution in [-0.4, -0.2) is 28.7 Å². The van der Waals surface area contributed by atoms with Crippen molar-refractivity contribution in [2.24, 2.45) is 7.05 Å². The van der Waals surface area contributed by atoms with Crippen molar-refractivity contribution < 1.29 is 17.6 Å². The topological polar surface area (TPSA) is 55.9 Å². The van der Waals surface area contributed by atoms with E-state index in [1.54, 1.807) is 6.92 Å². The number of aromatic nitrogens is 2. The van der Waals surface area contributed by atoms with Gasteiger partial charge in [-0.3, -0.25) is 4.68 Å². The molecule has 8 heteroatoms. The van der Waals surface area contributed by atoms with Crippen molar-refractivity contribution in [2.75, 3.05) is 17.6 Å². The van der Waals surface area contributed by atoms with E-state index in [1.807, 2.05) is 0 Å². The zero-order chi connectivity index (χ0) is 13.2. The molecule has 0 bridgehead atoms. The molecule has 1 aromatic rings. The monoisotopic (exact) mass is 254 g/mol. The standard InChI is InChI=1S/C9H14F4N4/c1-3-5-6(14)7(17(2)16-5)15-4-9(12,13)8(10)11/h8,15H,3-4,14H2,1-2H3. The molecule has 0 atom stereocenters. The molecule has 1 aromatic heterocycles. The van der Waals surface area contributed by atoms with E-state index < -0.39 is 18.9 Å². The molecular weight excluding hydrogens is 240 g/mol. The van der Waals surface area contributed by atoms with Crippen molar-refractivity contribution in [2.45, 2.75) is 25.7 Å². The average Bonchev–Trinajstić information content (AvgIpc) is 2.51. The predicted octanol–water partition coefficient (Wildman–Crippen LogP) is 1.88. The van der Waals surface area contributed by atoms with Crippen LogP contribution in [0.1, 0.15) is 12.6 Å². The maximum absolute atomic E-state index is 12.7. The molecule has 3 N–H and O–H groups in total. The molecular formula is C9H14F4N4. The van der Waals surface area contributed by atoms with Crippen molar-refractivity contribution >= 4 is 11.5 Å². The summed E-state index contributed by atoms with van der Waals surface area (Å²) < 4.78 is 50.6. The number of alkyl halides is 4. The number of hydrogen-bond acceptors (Lipinski definition) is 3. The molecule has 0 unspecified atom stereocenters. The lowest BCUT2D eigenvalue weighted by molar-refractivity contribution is -0.117. The van der Waals surface area contributed by atoms with Crippen LogP contribution in [0.3, 0.4) is 0 Å². The van der Waals surface area contributed by atoms with Gasteiger partial charge in [-0.15, -0.1) is 0 Å². The number of aryl methyl sites for hydroxylation is 2. The molecule has 0 aliphatic carbocycles. The van der Waals surface area contributed by atoms with Crippen molar-refractivity contribution in [1.82, 2.24) is 9.78 Å². The molecule has 0 spiro atoms. The predicted molar refractivity (Wildman–Crippen MR) is 56.4 cm³/mol. The number of halogens is 4. The van der Waals surface area contributed by atoms with E-state index in [-0.39, 0.29) is 11.5 Å². The largest absolute Gasteiger partial charge is 0.394 e. The molecule has 0 saturated heterocycles. The highest BCUT2D eigenvalue weighted by molar-refractivity contribution is 5.65. The first-order chi connectivity index (χ1) is 7.79. The van der Waals surface area contributed by atoms with Crippen LogP contribution in [0.15, 0.2) is 0 Å². The van der Waals surface area contributed by atoms with Crippen LogP contribution in [0.2, 0.25) is 0 Å². The number of nitrogen functional groups attached to an aromatic ring is 1. The summed E-state index contributed by atoms with van der Waals surface area (Å²) in [7, 11) is 1.50. The number of hydrogen-bond donors (Lipinski definition) is 2. The molecule has 0 aliphatic heterocycles. The van der Waals surface area contributed by atoms with Crippen LogP contribution >= 0.6 is 0 Å². The summed E-state index contributed by atoms with van der Waals surface area (Å²) in [5.74, 6) is -3.97. The third-order valence-electron chi connectivity index (χ3n) is 2.31. The van der Waals surface area contributed by atoms with E-state index in [1.165, 1.54) is 11.7 Å². The summed E-state index contributed by atoms with van der Waals surface area (Å²) in [5.41, 5.74) is 6.39. The average molecular weight is 254 g/mol. The van der Waals surface area contributed by atoms with E-state index >= 15 is 0 Å². The van der Waals surface area contributed by atoms with Crippen molar-refractivity contribution in [1.29, 1.82) is 0 Å².